The molecule has 2 heteroatoms. The first-order valence-corrected chi connectivity index (χ1v) is 4.97. The summed E-state index contributed by atoms with van der Waals surface area (Å²) < 4.78 is 0. The molecular weight excluding hydrogens is 148 g/mol. The molecule has 0 aliphatic heterocycles. The van der Waals surface area contributed by atoms with E-state index in [1.54, 1.807) is 0 Å². The van der Waals surface area contributed by atoms with E-state index >= 15 is 0 Å². The second-order valence-electron chi connectivity index (χ2n) is 4.41. The van der Waals surface area contributed by atoms with E-state index in [0.717, 1.165) is 25.8 Å². The number of hydrogen-bond acceptors (Lipinski definition) is 2. The lowest BCUT2D eigenvalue weighted by Crippen LogP contribution is -2.24. The van der Waals surface area contributed by atoms with Gasteiger partial charge in [0, 0.05) is 6.04 Å². The topological polar surface area (TPSA) is 52.0 Å². The molecule has 0 amide bonds. The van der Waals surface area contributed by atoms with E-state index in [-0.39, 0.29) is 0 Å². The van der Waals surface area contributed by atoms with E-state index in [0.29, 0.717) is 11.5 Å². The first-order chi connectivity index (χ1) is 5.52. The lowest BCUT2D eigenvalue weighted by Gasteiger charge is -2.25. The summed E-state index contributed by atoms with van der Waals surface area (Å²) in [6, 6.07) is 0.377. The lowest BCUT2D eigenvalue weighted by molar-refractivity contribution is 0.292. The average molecular weight is 172 g/mol. The summed E-state index contributed by atoms with van der Waals surface area (Å²) in [6.07, 6.45) is 4.50. The third-order valence-electron chi connectivity index (χ3n) is 2.54. The molecule has 0 bridgehead atoms. The van der Waals surface area contributed by atoms with Crippen LogP contribution in [0.2, 0.25) is 0 Å². The van der Waals surface area contributed by atoms with Gasteiger partial charge in [0.2, 0.25) is 0 Å². The summed E-state index contributed by atoms with van der Waals surface area (Å²) in [5, 5.41) is 0. The zero-order valence-electron chi connectivity index (χ0n) is 8.77. The monoisotopic (exact) mass is 172 g/mol. The Morgan fingerprint density at radius 1 is 1.25 bits per heavy atom. The van der Waals surface area contributed by atoms with Crippen molar-refractivity contribution in [1.82, 2.24) is 0 Å². The molecule has 0 saturated carbocycles. The summed E-state index contributed by atoms with van der Waals surface area (Å²) >= 11 is 0. The Morgan fingerprint density at radius 2 is 1.83 bits per heavy atom. The molecule has 74 valence electrons. The van der Waals surface area contributed by atoms with Gasteiger partial charge in [0.25, 0.3) is 0 Å². The molecule has 0 saturated heterocycles. The quantitative estimate of drug-likeness (QED) is 0.642. The van der Waals surface area contributed by atoms with E-state index in [4.69, 9.17) is 11.5 Å². The van der Waals surface area contributed by atoms with Crippen molar-refractivity contribution < 1.29 is 0 Å². The molecule has 0 rings (SSSR count). The Hall–Kier alpha value is -0.0800. The Labute approximate surface area is 76.7 Å². The van der Waals surface area contributed by atoms with E-state index < -0.39 is 0 Å². The third-order valence-corrected chi connectivity index (χ3v) is 2.54. The van der Waals surface area contributed by atoms with Crippen molar-refractivity contribution >= 4 is 0 Å². The predicted molar refractivity (Wildman–Crippen MR) is 55.0 cm³/mol. The van der Waals surface area contributed by atoms with Gasteiger partial charge >= 0.3 is 0 Å². The van der Waals surface area contributed by atoms with Crippen LogP contribution in [0, 0.1) is 5.41 Å². The van der Waals surface area contributed by atoms with E-state index in [9.17, 15) is 0 Å². The molecular formula is C10H24N2. The molecule has 0 spiro atoms. The van der Waals surface area contributed by atoms with Crippen LogP contribution in [0.5, 0.6) is 0 Å². The fourth-order valence-electron chi connectivity index (χ4n) is 1.30. The maximum absolute atomic E-state index is 5.85. The highest BCUT2D eigenvalue weighted by Gasteiger charge is 2.17. The van der Waals surface area contributed by atoms with Crippen molar-refractivity contribution in [3.8, 4) is 0 Å². The van der Waals surface area contributed by atoms with Gasteiger partial charge in [-0.1, -0.05) is 20.8 Å². The lowest BCUT2D eigenvalue weighted by atomic mass is 9.83. The Kier molecular flexibility index (Phi) is 5.51. The standard InChI is InChI=1S/C10H24N2/c1-4-9(12)5-6-10(2,3)7-8-11/h9H,4-8,11-12H2,1-3H3. The molecule has 0 fully saturated rings. The van der Waals surface area contributed by atoms with Crippen LogP contribution in [0.15, 0.2) is 0 Å². The van der Waals surface area contributed by atoms with Crippen molar-refractivity contribution in [2.75, 3.05) is 6.54 Å². The van der Waals surface area contributed by atoms with Gasteiger partial charge in [0.15, 0.2) is 0 Å². The van der Waals surface area contributed by atoms with Gasteiger partial charge in [-0.25, -0.2) is 0 Å². The van der Waals surface area contributed by atoms with Gasteiger partial charge in [-0.3, -0.25) is 0 Å². The van der Waals surface area contributed by atoms with Crippen LogP contribution in [-0.2, 0) is 0 Å². The van der Waals surface area contributed by atoms with Gasteiger partial charge in [-0.15, -0.1) is 0 Å². The average Bonchev–Trinajstić information content (AvgIpc) is 2.00. The molecule has 0 aromatic heterocycles. The molecule has 0 aliphatic carbocycles. The fraction of sp³-hybridized carbons (Fsp3) is 1.00. The van der Waals surface area contributed by atoms with E-state index in [2.05, 4.69) is 20.8 Å². The number of nitrogens with two attached hydrogens (primary N) is 2. The van der Waals surface area contributed by atoms with Gasteiger partial charge < -0.3 is 11.5 Å². The summed E-state index contributed by atoms with van der Waals surface area (Å²) in [7, 11) is 0. The molecule has 0 radical (unpaired) electrons. The summed E-state index contributed by atoms with van der Waals surface area (Å²) in [5.41, 5.74) is 11.7. The van der Waals surface area contributed by atoms with Crippen molar-refractivity contribution in [2.45, 2.75) is 52.5 Å². The molecule has 2 nitrogen and oxygen atoms in total. The van der Waals surface area contributed by atoms with E-state index in [1.165, 1.54) is 6.42 Å². The van der Waals surface area contributed by atoms with E-state index in [1.807, 2.05) is 0 Å². The predicted octanol–water partition coefficient (Wildman–Crippen LogP) is 1.88. The van der Waals surface area contributed by atoms with Crippen LogP contribution >= 0.6 is 0 Å². The third kappa shape index (κ3) is 5.56. The first kappa shape index (κ1) is 11.9. The Balaban J connectivity index is 3.59. The van der Waals surface area contributed by atoms with Crippen molar-refractivity contribution in [3.05, 3.63) is 0 Å². The molecule has 1 unspecified atom stereocenters. The second kappa shape index (κ2) is 5.55. The van der Waals surface area contributed by atoms with Crippen LogP contribution < -0.4 is 11.5 Å². The largest absolute Gasteiger partial charge is 0.330 e. The maximum Gasteiger partial charge on any atom is 0.00364 e. The van der Waals surface area contributed by atoms with Crippen LogP contribution in [0.4, 0.5) is 0 Å². The highest BCUT2D eigenvalue weighted by Crippen LogP contribution is 2.26. The second-order valence-corrected chi connectivity index (χ2v) is 4.41. The molecule has 0 aliphatic rings. The molecule has 12 heavy (non-hydrogen) atoms. The zero-order chi connectivity index (χ0) is 9.61. The smallest absolute Gasteiger partial charge is 0.00364 e. The SMILES string of the molecule is CCC(N)CCC(C)(C)CCN. The van der Waals surface area contributed by atoms with Crippen LogP contribution in [0.25, 0.3) is 0 Å². The summed E-state index contributed by atoms with van der Waals surface area (Å²) in [4.78, 5) is 0. The minimum absolute atomic E-state index is 0.377. The molecule has 1 atom stereocenters. The summed E-state index contributed by atoms with van der Waals surface area (Å²) in [5.74, 6) is 0. The first-order valence-electron chi connectivity index (χ1n) is 4.97. The van der Waals surface area contributed by atoms with Crippen LogP contribution in [0.3, 0.4) is 0 Å². The van der Waals surface area contributed by atoms with Crippen LogP contribution in [-0.4, -0.2) is 12.6 Å². The minimum atomic E-state index is 0.377. The molecule has 0 aromatic rings. The fourth-order valence-corrected chi connectivity index (χ4v) is 1.30. The van der Waals surface area contributed by atoms with Crippen molar-refractivity contribution in [3.63, 3.8) is 0 Å². The molecule has 4 N–H and O–H groups in total. The number of hydrogen-bond donors (Lipinski definition) is 2. The van der Waals surface area contributed by atoms with Gasteiger partial charge in [0.1, 0.15) is 0 Å². The normalized spacial score (nSPS) is 14.8. The van der Waals surface area contributed by atoms with Gasteiger partial charge in [0.05, 0.1) is 0 Å². The summed E-state index contributed by atoms with van der Waals surface area (Å²) in [6.45, 7) is 7.46. The molecule has 0 heterocycles. The maximum atomic E-state index is 5.85. The molecule has 0 aromatic carbocycles. The zero-order valence-corrected chi connectivity index (χ0v) is 8.77. The van der Waals surface area contributed by atoms with Gasteiger partial charge in [-0.2, -0.15) is 0 Å². The minimum Gasteiger partial charge on any atom is -0.330 e. The Bertz CT molecular complexity index is 110. The van der Waals surface area contributed by atoms with Crippen molar-refractivity contribution in [1.29, 1.82) is 0 Å². The highest BCUT2D eigenvalue weighted by molar-refractivity contribution is 4.72. The number of rotatable bonds is 6. The van der Waals surface area contributed by atoms with Gasteiger partial charge in [-0.05, 0) is 37.6 Å². The Morgan fingerprint density at radius 3 is 2.25 bits per heavy atom. The highest BCUT2D eigenvalue weighted by atomic mass is 14.6. The van der Waals surface area contributed by atoms with Crippen molar-refractivity contribution in [2.24, 2.45) is 16.9 Å². The van der Waals surface area contributed by atoms with Crippen LogP contribution in [0.1, 0.15) is 46.5 Å².